The molecule has 1 heterocycles. The van der Waals surface area contributed by atoms with Gasteiger partial charge in [0.1, 0.15) is 5.75 Å². The van der Waals surface area contributed by atoms with Crippen LogP contribution in [0.25, 0.3) is 10.8 Å². The minimum Gasteiger partial charge on any atom is -0.496 e. The van der Waals surface area contributed by atoms with Gasteiger partial charge in [0, 0.05) is 10.3 Å². The van der Waals surface area contributed by atoms with Crippen LogP contribution in [0.2, 0.25) is 0 Å². The van der Waals surface area contributed by atoms with Crippen molar-refractivity contribution in [1.82, 2.24) is 5.32 Å². The van der Waals surface area contributed by atoms with Gasteiger partial charge in [-0.2, -0.15) is 0 Å². The zero-order valence-electron chi connectivity index (χ0n) is 14.5. The van der Waals surface area contributed by atoms with Gasteiger partial charge in [-0.05, 0) is 35.9 Å². The first kappa shape index (κ1) is 17.9. The number of nitrogens with one attached hydrogen (secondary N) is 1. The molecule has 5 nitrogen and oxygen atoms in total. The van der Waals surface area contributed by atoms with E-state index < -0.39 is 12.1 Å². The van der Waals surface area contributed by atoms with Gasteiger partial charge in [0.15, 0.2) is 6.10 Å². The largest absolute Gasteiger partial charge is 0.496 e. The maximum Gasteiger partial charge on any atom is 0.339 e. The lowest BCUT2D eigenvalue weighted by Gasteiger charge is -2.15. The summed E-state index contributed by atoms with van der Waals surface area (Å²) in [5.41, 5.74) is 0.402. The summed E-state index contributed by atoms with van der Waals surface area (Å²) in [6.45, 7) is 1.98. The number of rotatable bonds is 6. The van der Waals surface area contributed by atoms with Crippen LogP contribution in [0.1, 0.15) is 22.2 Å². The predicted octanol–water partition coefficient (Wildman–Crippen LogP) is 3.77. The third-order valence-electron chi connectivity index (χ3n) is 3.99. The molecular formula is C20H19NO4S. The van der Waals surface area contributed by atoms with E-state index in [-0.39, 0.29) is 5.91 Å². The lowest BCUT2D eigenvalue weighted by Crippen LogP contribution is -2.35. The summed E-state index contributed by atoms with van der Waals surface area (Å²) in [4.78, 5) is 25.8. The molecule has 1 aromatic heterocycles. The Hall–Kier alpha value is -2.86. The average molecular weight is 369 g/mol. The molecule has 0 saturated carbocycles. The Morgan fingerprint density at radius 3 is 2.54 bits per heavy atom. The van der Waals surface area contributed by atoms with E-state index in [0.29, 0.717) is 17.9 Å². The number of benzene rings is 2. The zero-order valence-corrected chi connectivity index (χ0v) is 15.3. The molecule has 0 saturated heterocycles. The van der Waals surface area contributed by atoms with Gasteiger partial charge in [-0.3, -0.25) is 4.79 Å². The van der Waals surface area contributed by atoms with E-state index in [1.807, 2.05) is 41.8 Å². The molecule has 26 heavy (non-hydrogen) atoms. The predicted molar refractivity (Wildman–Crippen MR) is 102 cm³/mol. The first-order valence-corrected chi connectivity index (χ1v) is 9.05. The summed E-state index contributed by atoms with van der Waals surface area (Å²) in [5.74, 6) is -0.189. The molecule has 0 unspecified atom stereocenters. The SMILES string of the molecule is COc1ccc(C(=O)O[C@H](C)C(=O)NCc2cccs2)c2ccccc12. The quantitative estimate of drug-likeness (QED) is 0.672. The number of carbonyl (C=O) groups is 2. The average Bonchev–Trinajstić information content (AvgIpc) is 3.18. The highest BCUT2D eigenvalue weighted by Crippen LogP contribution is 2.28. The number of hydrogen-bond donors (Lipinski definition) is 1. The maximum absolute atomic E-state index is 12.6. The number of esters is 1. The smallest absolute Gasteiger partial charge is 0.339 e. The number of methoxy groups -OCH3 is 1. The second-order valence-corrected chi connectivity index (χ2v) is 6.74. The van der Waals surface area contributed by atoms with Crippen LogP contribution in [0, 0.1) is 0 Å². The summed E-state index contributed by atoms with van der Waals surface area (Å²) in [5, 5.41) is 6.26. The Morgan fingerprint density at radius 1 is 1.08 bits per heavy atom. The third-order valence-corrected chi connectivity index (χ3v) is 4.87. The Morgan fingerprint density at radius 2 is 1.85 bits per heavy atom. The molecule has 3 aromatic rings. The molecule has 0 aliphatic carbocycles. The number of fused-ring (bicyclic) bond motifs is 1. The van der Waals surface area contributed by atoms with Gasteiger partial charge in [-0.25, -0.2) is 4.79 Å². The molecule has 1 atom stereocenters. The molecule has 0 bridgehead atoms. The molecule has 2 aromatic carbocycles. The van der Waals surface area contributed by atoms with Crippen LogP contribution in [0.15, 0.2) is 53.9 Å². The van der Waals surface area contributed by atoms with Gasteiger partial charge < -0.3 is 14.8 Å². The molecular weight excluding hydrogens is 350 g/mol. The van der Waals surface area contributed by atoms with Crippen molar-refractivity contribution in [3.63, 3.8) is 0 Å². The van der Waals surface area contributed by atoms with E-state index in [1.165, 1.54) is 0 Å². The molecule has 6 heteroatoms. The zero-order chi connectivity index (χ0) is 18.5. The monoisotopic (exact) mass is 369 g/mol. The molecule has 1 amide bonds. The summed E-state index contributed by atoms with van der Waals surface area (Å²) in [6, 6.07) is 14.7. The fourth-order valence-electron chi connectivity index (χ4n) is 2.64. The third kappa shape index (κ3) is 3.86. The number of carbonyl (C=O) groups excluding carboxylic acids is 2. The van der Waals surface area contributed by atoms with E-state index in [0.717, 1.165) is 15.6 Å². The molecule has 0 fully saturated rings. The second-order valence-electron chi connectivity index (χ2n) is 5.71. The second kappa shape index (κ2) is 8.01. The van der Waals surface area contributed by atoms with Gasteiger partial charge in [0.2, 0.25) is 0 Å². The standard InChI is InChI=1S/C20H19NO4S/c1-13(19(22)21-12-14-6-5-11-26-14)25-20(23)17-9-10-18(24-2)16-8-4-3-7-15(16)17/h3-11,13H,12H2,1-2H3,(H,21,22)/t13-/m1/s1. The highest BCUT2D eigenvalue weighted by atomic mass is 32.1. The van der Waals surface area contributed by atoms with Crippen molar-refractivity contribution in [3.8, 4) is 5.75 Å². The van der Waals surface area contributed by atoms with Crippen LogP contribution >= 0.6 is 11.3 Å². The van der Waals surface area contributed by atoms with E-state index >= 15 is 0 Å². The summed E-state index contributed by atoms with van der Waals surface area (Å²) in [7, 11) is 1.58. The van der Waals surface area contributed by atoms with Gasteiger partial charge in [-0.1, -0.05) is 30.3 Å². The van der Waals surface area contributed by atoms with E-state index in [2.05, 4.69) is 5.32 Å². The van der Waals surface area contributed by atoms with Crippen molar-refractivity contribution in [1.29, 1.82) is 0 Å². The molecule has 0 spiro atoms. The highest BCUT2D eigenvalue weighted by molar-refractivity contribution is 7.09. The molecule has 1 N–H and O–H groups in total. The van der Waals surface area contributed by atoms with Gasteiger partial charge in [0.05, 0.1) is 19.2 Å². The lowest BCUT2D eigenvalue weighted by molar-refractivity contribution is -0.129. The maximum atomic E-state index is 12.6. The van der Waals surface area contributed by atoms with Gasteiger partial charge in [0.25, 0.3) is 5.91 Å². The number of amides is 1. The summed E-state index contributed by atoms with van der Waals surface area (Å²) >= 11 is 1.56. The van der Waals surface area contributed by atoms with E-state index in [4.69, 9.17) is 9.47 Å². The Balaban J connectivity index is 1.71. The van der Waals surface area contributed by atoms with Crippen LogP contribution in [0.4, 0.5) is 0 Å². The van der Waals surface area contributed by atoms with E-state index in [9.17, 15) is 9.59 Å². The van der Waals surface area contributed by atoms with Crippen LogP contribution < -0.4 is 10.1 Å². The fraction of sp³-hybridized carbons (Fsp3) is 0.200. The first-order valence-electron chi connectivity index (χ1n) is 8.17. The Bertz CT molecular complexity index is 921. The fourth-order valence-corrected chi connectivity index (χ4v) is 3.28. The van der Waals surface area contributed by atoms with Crippen molar-refractivity contribution < 1.29 is 19.1 Å². The number of thiophene rings is 1. The Labute approximate surface area is 155 Å². The number of ether oxygens (including phenoxy) is 2. The summed E-state index contributed by atoms with van der Waals surface area (Å²) < 4.78 is 10.7. The van der Waals surface area contributed by atoms with Crippen molar-refractivity contribution in [2.75, 3.05) is 7.11 Å². The van der Waals surface area contributed by atoms with Crippen LogP contribution in [0.5, 0.6) is 5.75 Å². The minimum atomic E-state index is -0.886. The van der Waals surface area contributed by atoms with Crippen molar-refractivity contribution in [2.45, 2.75) is 19.6 Å². The summed E-state index contributed by atoms with van der Waals surface area (Å²) in [6.07, 6.45) is -0.886. The Kier molecular flexibility index (Phi) is 5.53. The normalized spacial score (nSPS) is 11.8. The van der Waals surface area contributed by atoms with Crippen LogP contribution in [0.3, 0.4) is 0 Å². The van der Waals surface area contributed by atoms with Gasteiger partial charge >= 0.3 is 5.97 Å². The lowest BCUT2D eigenvalue weighted by atomic mass is 10.0. The molecule has 0 aliphatic rings. The van der Waals surface area contributed by atoms with Crippen molar-refractivity contribution in [2.24, 2.45) is 0 Å². The first-order chi connectivity index (χ1) is 12.6. The molecule has 134 valence electrons. The minimum absolute atomic E-state index is 0.329. The highest BCUT2D eigenvalue weighted by Gasteiger charge is 2.21. The topological polar surface area (TPSA) is 64.6 Å². The van der Waals surface area contributed by atoms with Gasteiger partial charge in [-0.15, -0.1) is 11.3 Å². The van der Waals surface area contributed by atoms with E-state index in [1.54, 1.807) is 37.5 Å². The van der Waals surface area contributed by atoms with Crippen LogP contribution in [-0.4, -0.2) is 25.1 Å². The molecule has 0 aliphatic heterocycles. The molecule has 0 radical (unpaired) electrons. The van der Waals surface area contributed by atoms with Crippen molar-refractivity contribution in [3.05, 3.63) is 64.4 Å². The molecule has 3 rings (SSSR count). The van der Waals surface area contributed by atoms with Crippen molar-refractivity contribution >= 4 is 34.0 Å². The van der Waals surface area contributed by atoms with Crippen LogP contribution in [-0.2, 0) is 16.1 Å². The number of hydrogen-bond acceptors (Lipinski definition) is 5.